The molecule has 0 bridgehead atoms. The molecule has 0 saturated heterocycles. The van der Waals surface area contributed by atoms with Gasteiger partial charge in [0, 0.05) is 28.7 Å². The Bertz CT molecular complexity index is 1590. The number of halogens is 1. The Balaban J connectivity index is 2.40. The summed E-state index contributed by atoms with van der Waals surface area (Å²) in [6.07, 6.45) is 0. The Labute approximate surface area is 268 Å². The Kier molecular flexibility index (Phi) is 9.45. The molecule has 0 aromatic heterocycles. The smallest absolute Gasteiger partial charge is 0.343 e. The molecule has 3 aromatic rings. The van der Waals surface area contributed by atoms with E-state index in [0.29, 0.717) is 5.75 Å². The van der Waals surface area contributed by atoms with Crippen molar-refractivity contribution in [3.63, 3.8) is 0 Å². The lowest BCUT2D eigenvalue weighted by Gasteiger charge is -2.32. The second kappa shape index (κ2) is 11.8. The zero-order valence-electron chi connectivity index (χ0n) is 28.5. The van der Waals surface area contributed by atoms with E-state index < -0.39 is 16.3 Å². The van der Waals surface area contributed by atoms with Crippen molar-refractivity contribution in [3.8, 4) is 11.5 Å². The van der Waals surface area contributed by atoms with Gasteiger partial charge in [-0.3, -0.25) is 10.1 Å². The fourth-order valence-electron chi connectivity index (χ4n) is 5.17. The van der Waals surface area contributed by atoms with E-state index in [0.717, 1.165) is 39.4 Å². The lowest BCUT2D eigenvalue weighted by Crippen LogP contribution is -2.22. The van der Waals surface area contributed by atoms with Crippen LogP contribution in [0.5, 0.6) is 11.5 Å². The van der Waals surface area contributed by atoms with Gasteiger partial charge in [0.1, 0.15) is 16.5 Å². The summed E-state index contributed by atoms with van der Waals surface area (Å²) in [5, 5.41) is 23.3. The molecule has 1 unspecified atom stereocenters. The minimum absolute atomic E-state index is 0.0204. The van der Waals surface area contributed by atoms with Crippen LogP contribution in [0.3, 0.4) is 0 Å². The van der Waals surface area contributed by atoms with E-state index in [2.05, 4.69) is 107 Å². The Morgan fingerprint density at radius 2 is 1.25 bits per heavy atom. The Hall–Kier alpha value is -3.38. The second-order valence-electron chi connectivity index (χ2n) is 15.9. The highest BCUT2D eigenvalue weighted by Gasteiger charge is 2.33. The van der Waals surface area contributed by atoms with E-state index in [1.54, 1.807) is 0 Å². The maximum Gasteiger partial charge on any atom is 0.343 e. The van der Waals surface area contributed by atoms with Crippen LogP contribution in [0, 0.1) is 10.1 Å². The number of nitro groups is 1. The number of esters is 1. The van der Waals surface area contributed by atoms with E-state index in [9.17, 15) is 20.0 Å². The van der Waals surface area contributed by atoms with E-state index in [-0.39, 0.29) is 44.2 Å². The molecular formula is C37H48ClNO5. The van der Waals surface area contributed by atoms with Gasteiger partial charge in [-0.05, 0) is 50.5 Å². The normalized spacial score (nSPS) is 13.5. The predicted molar refractivity (Wildman–Crippen MR) is 180 cm³/mol. The fourth-order valence-corrected chi connectivity index (χ4v) is 5.35. The lowest BCUT2D eigenvalue weighted by atomic mass is 9.74. The van der Waals surface area contributed by atoms with Crippen LogP contribution < -0.4 is 4.74 Å². The average Bonchev–Trinajstić information content (AvgIpc) is 2.85. The van der Waals surface area contributed by atoms with Gasteiger partial charge in [0.2, 0.25) is 0 Å². The first-order valence-electron chi connectivity index (χ1n) is 15.1. The first-order valence-corrected chi connectivity index (χ1v) is 15.4. The van der Waals surface area contributed by atoms with Crippen molar-refractivity contribution < 1.29 is 19.6 Å². The molecule has 6 nitrogen and oxygen atoms in total. The maximum absolute atomic E-state index is 13.7. The van der Waals surface area contributed by atoms with Crippen LogP contribution in [0.2, 0.25) is 5.02 Å². The molecular weight excluding hydrogens is 574 g/mol. The number of hydrogen-bond acceptors (Lipinski definition) is 5. The quantitative estimate of drug-likeness (QED) is 0.132. The highest BCUT2D eigenvalue weighted by atomic mass is 35.5. The maximum atomic E-state index is 13.7. The molecule has 0 heterocycles. The number of nitrogens with zero attached hydrogens (tertiary/aromatic N) is 1. The number of nitro benzene ring substituents is 1. The van der Waals surface area contributed by atoms with Crippen LogP contribution >= 0.6 is 11.6 Å². The molecule has 3 aromatic carbocycles. The SMILES string of the molecule is CC(c1cc(C(C)(C)C)cc(C(C)(C)C)c1O)c1cc(C(C)(C)C)cc(C(C)(C)C)c1OC(=O)c1ccc(Cl)c([N+](=O)[O-])c1. The molecule has 3 rings (SSSR count). The van der Waals surface area contributed by atoms with Crippen molar-refractivity contribution in [1.29, 1.82) is 0 Å². The van der Waals surface area contributed by atoms with Gasteiger partial charge in [-0.25, -0.2) is 4.79 Å². The Morgan fingerprint density at radius 3 is 1.70 bits per heavy atom. The summed E-state index contributed by atoms with van der Waals surface area (Å²) in [5.74, 6) is -0.486. The van der Waals surface area contributed by atoms with E-state index >= 15 is 0 Å². The number of ether oxygens (including phenoxy) is 1. The third kappa shape index (κ3) is 7.46. The highest BCUT2D eigenvalue weighted by Crippen LogP contribution is 2.47. The third-order valence-electron chi connectivity index (χ3n) is 8.11. The molecule has 0 radical (unpaired) electrons. The number of phenols is 1. The number of benzene rings is 3. The summed E-state index contributed by atoms with van der Waals surface area (Å²) < 4.78 is 6.22. The van der Waals surface area contributed by atoms with Crippen LogP contribution in [0.25, 0.3) is 0 Å². The zero-order chi connectivity index (χ0) is 33.7. The van der Waals surface area contributed by atoms with Gasteiger partial charge in [-0.15, -0.1) is 0 Å². The topological polar surface area (TPSA) is 89.7 Å². The number of carbonyl (C=O) groups is 1. The molecule has 1 N–H and O–H groups in total. The van der Waals surface area contributed by atoms with Gasteiger partial charge in [0.05, 0.1) is 10.5 Å². The minimum Gasteiger partial charge on any atom is -0.507 e. The molecule has 0 aliphatic heterocycles. The molecule has 0 fully saturated rings. The first kappa shape index (κ1) is 35.1. The summed E-state index contributed by atoms with van der Waals surface area (Å²) in [6, 6.07) is 12.2. The summed E-state index contributed by atoms with van der Waals surface area (Å²) in [6.45, 7) is 27.3. The van der Waals surface area contributed by atoms with Crippen molar-refractivity contribution >= 4 is 23.3 Å². The van der Waals surface area contributed by atoms with Crippen molar-refractivity contribution in [2.24, 2.45) is 0 Å². The van der Waals surface area contributed by atoms with Gasteiger partial charge >= 0.3 is 5.97 Å². The standard InChI is InChI=1S/C37H48ClNO5/c1-21(25-17-23(34(2,3)4)19-27(31(25)40)36(8,9)10)26-18-24(35(5,6)7)20-28(37(11,12)13)32(26)44-33(41)22-14-15-29(38)30(16-22)39(42)43/h14-21,40H,1-13H3. The summed E-state index contributed by atoms with van der Waals surface area (Å²) >= 11 is 6.02. The zero-order valence-corrected chi connectivity index (χ0v) is 29.3. The molecule has 0 spiro atoms. The van der Waals surface area contributed by atoms with Gasteiger partial charge in [-0.2, -0.15) is 0 Å². The molecule has 1 atom stereocenters. The van der Waals surface area contributed by atoms with Gasteiger partial charge in [-0.1, -0.05) is 126 Å². The molecule has 0 aliphatic rings. The van der Waals surface area contributed by atoms with E-state index in [1.807, 2.05) is 6.92 Å². The molecule has 44 heavy (non-hydrogen) atoms. The van der Waals surface area contributed by atoms with Crippen LogP contribution in [0.4, 0.5) is 5.69 Å². The van der Waals surface area contributed by atoms with Crippen molar-refractivity contribution in [3.05, 3.63) is 96.5 Å². The van der Waals surface area contributed by atoms with Gasteiger partial charge in [0.15, 0.2) is 0 Å². The molecule has 0 saturated carbocycles. The average molecular weight is 622 g/mol. The molecule has 0 aliphatic carbocycles. The highest BCUT2D eigenvalue weighted by molar-refractivity contribution is 6.32. The van der Waals surface area contributed by atoms with Gasteiger partial charge in [0.25, 0.3) is 5.69 Å². The first-order chi connectivity index (χ1) is 19.8. The van der Waals surface area contributed by atoms with Crippen LogP contribution in [-0.4, -0.2) is 16.0 Å². The third-order valence-corrected chi connectivity index (χ3v) is 8.43. The van der Waals surface area contributed by atoms with Crippen LogP contribution in [0.1, 0.15) is 140 Å². The number of rotatable bonds is 5. The minimum atomic E-state index is -0.727. The second-order valence-corrected chi connectivity index (χ2v) is 16.3. The van der Waals surface area contributed by atoms with Gasteiger partial charge < -0.3 is 9.84 Å². The van der Waals surface area contributed by atoms with E-state index in [4.69, 9.17) is 16.3 Å². The monoisotopic (exact) mass is 621 g/mol. The summed E-state index contributed by atoms with van der Waals surface area (Å²) in [7, 11) is 0. The molecule has 7 heteroatoms. The van der Waals surface area contributed by atoms with Crippen LogP contribution in [0.15, 0.2) is 42.5 Å². The van der Waals surface area contributed by atoms with Crippen molar-refractivity contribution in [1.82, 2.24) is 0 Å². The fraction of sp³-hybridized carbons (Fsp3) is 0.486. The Morgan fingerprint density at radius 1 is 0.773 bits per heavy atom. The number of aromatic hydroxyl groups is 1. The van der Waals surface area contributed by atoms with Crippen molar-refractivity contribution in [2.45, 2.75) is 118 Å². The summed E-state index contributed by atoms with van der Waals surface area (Å²) in [4.78, 5) is 24.6. The lowest BCUT2D eigenvalue weighted by molar-refractivity contribution is -0.384. The predicted octanol–water partition coefficient (Wildman–Crippen LogP) is 10.5. The van der Waals surface area contributed by atoms with Crippen molar-refractivity contribution in [2.75, 3.05) is 0 Å². The summed E-state index contributed by atoms with van der Waals surface area (Å²) in [5.41, 5.74) is 3.83. The van der Waals surface area contributed by atoms with E-state index in [1.165, 1.54) is 12.1 Å². The number of phenolic OH excluding ortho intramolecular Hbond substituents is 1. The largest absolute Gasteiger partial charge is 0.507 e. The molecule has 0 amide bonds. The number of hydrogen-bond donors (Lipinski definition) is 1. The van der Waals surface area contributed by atoms with Crippen LogP contribution in [-0.2, 0) is 21.7 Å². The molecule has 238 valence electrons. The number of carbonyl (C=O) groups excluding carboxylic acids is 1.